The summed E-state index contributed by atoms with van der Waals surface area (Å²) in [5.41, 5.74) is 2.65. The van der Waals surface area contributed by atoms with Crippen molar-refractivity contribution in [1.29, 1.82) is 0 Å². The minimum atomic E-state index is -0.376. The van der Waals surface area contributed by atoms with E-state index in [2.05, 4.69) is 20.4 Å². The van der Waals surface area contributed by atoms with Crippen LogP contribution in [0.4, 0.5) is 4.39 Å². The molecule has 0 aliphatic heterocycles. The summed E-state index contributed by atoms with van der Waals surface area (Å²) in [4.78, 5) is 2.19. The Balaban J connectivity index is 2.18. The van der Waals surface area contributed by atoms with E-state index in [1.54, 1.807) is 12.3 Å². The van der Waals surface area contributed by atoms with E-state index in [0.29, 0.717) is 0 Å². The highest BCUT2D eigenvalue weighted by molar-refractivity contribution is 5.63. The number of nitrogens with zero attached hydrogens (tertiary/aromatic N) is 2. The number of nitrogens with one attached hydrogen (secondary N) is 2. The number of halogens is 1. The maximum Gasteiger partial charge on any atom is 0.165 e. The Kier molecular flexibility index (Phi) is 5.30. The van der Waals surface area contributed by atoms with Crippen LogP contribution in [0.1, 0.15) is 5.56 Å². The van der Waals surface area contributed by atoms with Crippen LogP contribution in [0.5, 0.6) is 5.75 Å². The Hall–Kier alpha value is -1.92. The first-order valence-corrected chi connectivity index (χ1v) is 6.85. The average molecular weight is 292 g/mol. The molecule has 0 aliphatic rings. The highest BCUT2D eigenvalue weighted by Crippen LogP contribution is 2.26. The molecule has 2 rings (SSSR count). The number of benzene rings is 1. The SMILES string of the molecule is CNCCN(C)Cc1cn[nH]c1-c1ccc(OC)c(F)c1. The standard InChI is InChI=1S/C15H21FN4O/c1-17-6-7-20(2)10-12-9-18-19-15(12)11-4-5-14(21-3)13(16)8-11/h4-5,8-9,17H,6-7,10H2,1-3H3,(H,18,19). The van der Waals surface area contributed by atoms with Crippen molar-refractivity contribution in [1.82, 2.24) is 20.4 Å². The molecular weight excluding hydrogens is 271 g/mol. The maximum absolute atomic E-state index is 13.8. The van der Waals surface area contributed by atoms with Gasteiger partial charge in [-0.05, 0) is 32.3 Å². The third-order valence-corrected chi connectivity index (χ3v) is 3.34. The molecule has 0 fully saturated rings. The minimum Gasteiger partial charge on any atom is -0.494 e. The second-order valence-corrected chi connectivity index (χ2v) is 4.96. The van der Waals surface area contributed by atoms with Gasteiger partial charge in [0.15, 0.2) is 11.6 Å². The normalized spacial score (nSPS) is 11.1. The van der Waals surface area contributed by atoms with E-state index in [1.165, 1.54) is 13.2 Å². The molecule has 0 saturated carbocycles. The summed E-state index contributed by atoms with van der Waals surface area (Å²) in [7, 11) is 5.43. The van der Waals surface area contributed by atoms with E-state index in [9.17, 15) is 4.39 Å². The van der Waals surface area contributed by atoms with E-state index in [0.717, 1.165) is 36.5 Å². The largest absolute Gasteiger partial charge is 0.494 e. The molecule has 1 heterocycles. The van der Waals surface area contributed by atoms with Crippen molar-refractivity contribution >= 4 is 0 Å². The van der Waals surface area contributed by atoms with Crippen molar-refractivity contribution in [2.45, 2.75) is 6.54 Å². The highest BCUT2D eigenvalue weighted by atomic mass is 19.1. The summed E-state index contributed by atoms with van der Waals surface area (Å²) < 4.78 is 18.8. The molecule has 0 saturated heterocycles. The number of hydrogen-bond donors (Lipinski definition) is 2. The number of rotatable bonds is 7. The predicted molar refractivity (Wildman–Crippen MR) is 80.8 cm³/mol. The van der Waals surface area contributed by atoms with Crippen LogP contribution in [0, 0.1) is 5.82 Å². The molecule has 2 aromatic rings. The summed E-state index contributed by atoms with van der Waals surface area (Å²) in [5.74, 6) is -0.134. The fourth-order valence-corrected chi connectivity index (χ4v) is 2.18. The Morgan fingerprint density at radius 3 is 2.90 bits per heavy atom. The maximum atomic E-state index is 13.8. The van der Waals surface area contributed by atoms with Crippen LogP contribution < -0.4 is 10.1 Å². The molecule has 0 atom stereocenters. The number of ether oxygens (including phenoxy) is 1. The molecule has 0 amide bonds. The molecule has 0 bridgehead atoms. The van der Waals surface area contributed by atoms with Crippen molar-refractivity contribution in [2.24, 2.45) is 0 Å². The third-order valence-electron chi connectivity index (χ3n) is 3.34. The number of hydrogen-bond acceptors (Lipinski definition) is 4. The van der Waals surface area contributed by atoms with Gasteiger partial charge in [0.25, 0.3) is 0 Å². The van der Waals surface area contributed by atoms with Gasteiger partial charge >= 0.3 is 0 Å². The number of H-pyrrole nitrogens is 1. The lowest BCUT2D eigenvalue weighted by atomic mass is 10.1. The first-order chi connectivity index (χ1) is 10.2. The first-order valence-electron chi connectivity index (χ1n) is 6.85. The molecule has 21 heavy (non-hydrogen) atoms. The summed E-state index contributed by atoms with van der Waals surface area (Å²) >= 11 is 0. The molecule has 2 N–H and O–H groups in total. The molecule has 0 unspecified atom stereocenters. The molecular formula is C15H21FN4O. The average Bonchev–Trinajstić information content (AvgIpc) is 2.93. The van der Waals surface area contributed by atoms with Gasteiger partial charge in [0.1, 0.15) is 0 Å². The smallest absolute Gasteiger partial charge is 0.165 e. The zero-order valence-corrected chi connectivity index (χ0v) is 12.6. The lowest BCUT2D eigenvalue weighted by Crippen LogP contribution is -2.26. The summed E-state index contributed by atoms with van der Waals surface area (Å²) in [6.45, 7) is 2.60. The van der Waals surface area contributed by atoms with Crippen molar-refractivity contribution in [2.75, 3.05) is 34.3 Å². The molecule has 1 aromatic carbocycles. The highest BCUT2D eigenvalue weighted by Gasteiger charge is 2.12. The van der Waals surface area contributed by atoms with Gasteiger partial charge in [-0.1, -0.05) is 0 Å². The van der Waals surface area contributed by atoms with E-state index in [-0.39, 0.29) is 11.6 Å². The van der Waals surface area contributed by atoms with Crippen LogP contribution >= 0.6 is 0 Å². The topological polar surface area (TPSA) is 53.2 Å². The Labute approximate surface area is 124 Å². The fraction of sp³-hybridized carbons (Fsp3) is 0.400. The molecule has 114 valence electrons. The van der Waals surface area contributed by atoms with Gasteiger partial charge in [0.05, 0.1) is 19.0 Å². The molecule has 6 heteroatoms. The van der Waals surface area contributed by atoms with Gasteiger partial charge < -0.3 is 15.0 Å². The number of aromatic amines is 1. The predicted octanol–water partition coefficient (Wildman–Crippen LogP) is 1.88. The lowest BCUT2D eigenvalue weighted by molar-refractivity contribution is 0.328. The molecule has 5 nitrogen and oxygen atoms in total. The summed E-state index contributed by atoms with van der Waals surface area (Å²) in [5, 5.41) is 10.1. The zero-order chi connectivity index (χ0) is 15.2. The van der Waals surface area contributed by atoms with Gasteiger partial charge in [-0.3, -0.25) is 5.10 Å². The van der Waals surface area contributed by atoms with Crippen LogP contribution in [-0.2, 0) is 6.54 Å². The first kappa shape index (κ1) is 15.5. The number of aromatic nitrogens is 2. The summed E-state index contributed by atoms with van der Waals surface area (Å²) in [6, 6.07) is 4.91. The van der Waals surface area contributed by atoms with E-state index < -0.39 is 0 Å². The van der Waals surface area contributed by atoms with Crippen molar-refractivity contribution in [3.63, 3.8) is 0 Å². The van der Waals surface area contributed by atoms with Gasteiger partial charge in [0, 0.05) is 30.8 Å². The van der Waals surface area contributed by atoms with Crippen LogP contribution in [-0.4, -0.2) is 49.4 Å². The van der Waals surface area contributed by atoms with E-state index in [1.807, 2.05) is 20.2 Å². The molecule has 0 spiro atoms. The molecule has 1 aromatic heterocycles. The second-order valence-electron chi connectivity index (χ2n) is 4.96. The summed E-state index contributed by atoms with van der Waals surface area (Å²) in [6.07, 6.45) is 1.79. The Bertz CT molecular complexity index is 585. The fourth-order valence-electron chi connectivity index (χ4n) is 2.18. The van der Waals surface area contributed by atoms with Crippen LogP contribution in [0.2, 0.25) is 0 Å². The minimum absolute atomic E-state index is 0.242. The van der Waals surface area contributed by atoms with Crippen LogP contribution in [0.15, 0.2) is 24.4 Å². The number of methoxy groups -OCH3 is 1. The van der Waals surface area contributed by atoms with Crippen LogP contribution in [0.3, 0.4) is 0 Å². The van der Waals surface area contributed by atoms with E-state index >= 15 is 0 Å². The molecule has 0 aliphatic carbocycles. The lowest BCUT2D eigenvalue weighted by Gasteiger charge is -2.16. The van der Waals surface area contributed by atoms with Gasteiger partial charge in [-0.2, -0.15) is 5.10 Å². The Morgan fingerprint density at radius 1 is 1.43 bits per heavy atom. The third kappa shape index (κ3) is 3.80. The van der Waals surface area contributed by atoms with Gasteiger partial charge in [-0.15, -0.1) is 0 Å². The van der Waals surface area contributed by atoms with Crippen LogP contribution in [0.25, 0.3) is 11.3 Å². The van der Waals surface area contributed by atoms with Crippen molar-refractivity contribution in [3.05, 3.63) is 35.8 Å². The molecule has 0 radical (unpaired) electrons. The quantitative estimate of drug-likeness (QED) is 0.818. The van der Waals surface area contributed by atoms with Crippen molar-refractivity contribution in [3.8, 4) is 17.0 Å². The monoisotopic (exact) mass is 292 g/mol. The van der Waals surface area contributed by atoms with Crippen molar-refractivity contribution < 1.29 is 9.13 Å². The zero-order valence-electron chi connectivity index (χ0n) is 12.6. The second kappa shape index (κ2) is 7.19. The van der Waals surface area contributed by atoms with Gasteiger partial charge in [-0.25, -0.2) is 4.39 Å². The van der Waals surface area contributed by atoms with E-state index in [4.69, 9.17) is 4.74 Å². The van der Waals surface area contributed by atoms with Gasteiger partial charge in [0.2, 0.25) is 0 Å². The Morgan fingerprint density at radius 2 is 2.24 bits per heavy atom. The number of likely N-dealkylation sites (N-methyl/N-ethyl adjacent to an activating group) is 2.